The van der Waals surface area contributed by atoms with Crippen LogP contribution in [0.2, 0.25) is 5.02 Å². The van der Waals surface area contributed by atoms with Gasteiger partial charge in [-0.25, -0.2) is 4.98 Å². The van der Waals surface area contributed by atoms with Crippen LogP contribution in [0.3, 0.4) is 0 Å². The van der Waals surface area contributed by atoms with Gasteiger partial charge in [0.1, 0.15) is 12.4 Å². The van der Waals surface area contributed by atoms with Gasteiger partial charge in [0, 0.05) is 35.6 Å². The average Bonchev–Trinajstić information content (AvgIpc) is 2.99. The Morgan fingerprint density at radius 1 is 1.55 bits per heavy atom. The van der Waals surface area contributed by atoms with Crippen LogP contribution >= 0.6 is 11.6 Å². The fraction of sp³-hybridized carbons (Fsp3) is 0.250. The molecule has 1 aliphatic rings. The number of amides is 1. The summed E-state index contributed by atoms with van der Waals surface area (Å²) in [5.41, 5.74) is 1.42. The summed E-state index contributed by atoms with van der Waals surface area (Å²) in [6.45, 7) is 2.88. The van der Waals surface area contributed by atoms with E-state index in [0.29, 0.717) is 17.1 Å². The molecule has 1 amide bonds. The first-order valence-electron chi connectivity index (χ1n) is 7.01. The van der Waals surface area contributed by atoms with Gasteiger partial charge in [0.15, 0.2) is 0 Å². The maximum atomic E-state index is 12.3. The molecule has 2 heterocycles. The quantitative estimate of drug-likeness (QED) is 0.942. The summed E-state index contributed by atoms with van der Waals surface area (Å²) in [7, 11) is 0. The number of imidazole rings is 1. The Labute approximate surface area is 133 Å². The predicted molar refractivity (Wildman–Crippen MR) is 84.8 cm³/mol. The average molecular weight is 318 g/mol. The molecule has 0 saturated carbocycles. The number of benzene rings is 1. The van der Waals surface area contributed by atoms with E-state index in [9.17, 15) is 4.79 Å². The topological polar surface area (TPSA) is 56.2 Å². The van der Waals surface area contributed by atoms with Crippen molar-refractivity contribution in [2.45, 2.75) is 19.5 Å². The summed E-state index contributed by atoms with van der Waals surface area (Å²) in [6, 6.07) is 5.36. The molecule has 1 unspecified atom stereocenters. The lowest BCUT2D eigenvalue weighted by Gasteiger charge is -2.20. The van der Waals surface area contributed by atoms with E-state index in [1.165, 1.54) is 0 Å². The van der Waals surface area contributed by atoms with Gasteiger partial charge in [-0.05, 0) is 31.2 Å². The van der Waals surface area contributed by atoms with Gasteiger partial charge in [0.2, 0.25) is 0 Å². The first-order chi connectivity index (χ1) is 10.6. The van der Waals surface area contributed by atoms with E-state index in [4.69, 9.17) is 16.3 Å². The number of halogens is 1. The third kappa shape index (κ3) is 3.31. The lowest BCUT2D eigenvalue weighted by molar-refractivity contribution is -0.118. The van der Waals surface area contributed by atoms with Gasteiger partial charge in [-0.15, -0.1) is 0 Å². The Hall–Kier alpha value is -2.27. The third-order valence-electron chi connectivity index (χ3n) is 3.40. The highest BCUT2D eigenvalue weighted by Crippen LogP contribution is 2.28. The number of carbonyl (C=O) groups is 1. The van der Waals surface area contributed by atoms with Gasteiger partial charge < -0.3 is 14.6 Å². The van der Waals surface area contributed by atoms with Crippen molar-refractivity contribution in [2.24, 2.45) is 0 Å². The molecule has 114 valence electrons. The second-order valence-corrected chi connectivity index (χ2v) is 5.71. The minimum Gasteiger partial charge on any atom is -0.488 e. The van der Waals surface area contributed by atoms with Crippen LogP contribution in [-0.2, 0) is 11.3 Å². The summed E-state index contributed by atoms with van der Waals surface area (Å²) in [4.78, 5) is 16.3. The monoisotopic (exact) mass is 317 g/mol. The van der Waals surface area contributed by atoms with Gasteiger partial charge in [0.05, 0.1) is 11.9 Å². The Morgan fingerprint density at radius 2 is 2.41 bits per heavy atom. The Morgan fingerprint density at radius 3 is 3.18 bits per heavy atom. The van der Waals surface area contributed by atoms with Gasteiger partial charge in [0.25, 0.3) is 5.91 Å². The first kappa shape index (κ1) is 14.7. The molecule has 6 heteroatoms. The van der Waals surface area contributed by atoms with Crippen molar-refractivity contribution >= 4 is 23.6 Å². The Balaban J connectivity index is 1.67. The minimum atomic E-state index is -0.127. The molecule has 0 bridgehead atoms. The number of fused-ring (bicyclic) bond motifs is 1. The van der Waals surface area contributed by atoms with Crippen molar-refractivity contribution < 1.29 is 9.53 Å². The number of nitrogens with zero attached hydrogens (tertiary/aromatic N) is 2. The molecule has 0 spiro atoms. The predicted octanol–water partition coefficient (Wildman–Crippen LogP) is 2.52. The van der Waals surface area contributed by atoms with Crippen molar-refractivity contribution in [3.8, 4) is 5.75 Å². The lowest BCUT2D eigenvalue weighted by atomic mass is 10.1. The number of aromatic nitrogens is 2. The number of ether oxygens (including phenoxy) is 1. The largest absolute Gasteiger partial charge is 0.488 e. The van der Waals surface area contributed by atoms with Crippen LogP contribution in [0.15, 0.2) is 42.5 Å². The molecule has 5 nitrogen and oxygen atoms in total. The summed E-state index contributed by atoms with van der Waals surface area (Å²) in [6.07, 6.45) is 7.13. The maximum absolute atomic E-state index is 12.3. The van der Waals surface area contributed by atoms with E-state index < -0.39 is 0 Å². The fourth-order valence-corrected chi connectivity index (χ4v) is 2.53. The molecular formula is C16H16ClN3O2. The van der Waals surface area contributed by atoms with Gasteiger partial charge in [-0.3, -0.25) is 4.79 Å². The first-order valence-corrected chi connectivity index (χ1v) is 7.39. The van der Waals surface area contributed by atoms with Crippen molar-refractivity contribution in [1.82, 2.24) is 14.9 Å². The smallest absolute Gasteiger partial charge is 0.250 e. The number of rotatable bonds is 4. The van der Waals surface area contributed by atoms with Gasteiger partial charge in [-0.1, -0.05) is 11.6 Å². The van der Waals surface area contributed by atoms with E-state index in [-0.39, 0.29) is 18.6 Å². The Bertz CT molecular complexity index is 710. The van der Waals surface area contributed by atoms with Crippen molar-refractivity contribution in [1.29, 1.82) is 0 Å². The van der Waals surface area contributed by atoms with Crippen LogP contribution < -0.4 is 10.1 Å². The van der Waals surface area contributed by atoms with E-state index in [1.54, 1.807) is 24.7 Å². The van der Waals surface area contributed by atoms with Gasteiger partial charge >= 0.3 is 0 Å². The zero-order chi connectivity index (χ0) is 15.5. The summed E-state index contributed by atoms with van der Waals surface area (Å²) in [5, 5.41) is 3.58. The van der Waals surface area contributed by atoms with Crippen LogP contribution in [0.5, 0.6) is 5.75 Å². The zero-order valence-electron chi connectivity index (χ0n) is 12.1. The molecule has 0 radical (unpaired) electrons. The highest BCUT2D eigenvalue weighted by atomic mass is 35.5. The number of nitrogens with one attached hydrogen (secondary N) is 1. The standard InChI is InChI=1S/C16H16ClN3O2/c1-11(8-20-5-4-18-10-20)19-16(21)13-6-12-7-14(17)2-3-15(12)22-9-13/h2-7,10-11H,8-9H2,1H3,(H,19,21). The molecule has 0 saturated heterocycles. The van der Waals surface area contributed by atoms with Crippen LogP contribution in [0.4, 0.5) is 0 Å². The van der Waals surface area contributed by atoms with E-state index in [1.807, 2.05) is 29.8 Å². The van der Waals surface area contributed by atoms with Crippen molar-refractivity contribution in [3.63, 3.8) is 0 Å². The van der Waals surface area contributed by atoms with Crippen LogP contribution in [0.1, 0.15) is 12.5 Å². The highest BCUT2D eigenvalue weighted by molar-refractivity contribution is 6.30. The molecule has 1 atom stereocenters. The molecule has 1 aromatic carbocycles. The third-order valence-corrected chi connectivity index (χ3v) is 3.63. The maximum Gasteiger partial charge on any atom is 0.250 e. The molecule has 1 N–H and O–H groups in total. The summed E-state index contributed by atoms with van der Waals surface area (Å²) >= 11 is 5.97. The molecule has 2 aromatic rings. The molecule has 1 aliphatic heterocycles. The fourth-order valence-electron chi connectivity index (χ4n) is 2.35. The zero-order valence-corrected chi connectivity index (χ0v) is 12.9. The van der Waals surface area contributed by atoms with E-state index in [0.717, 1.165) is 11.3 Å². The lowest BCUT2D eigenvalue weighted by Crippen LogP contribution is -2.37. The van der Waals surface area contributed by atoms with Crippen molar-refractivity contribution in [2.75, 3.05) is 6.61 Å². The molecular weight excluding hydrogens is 302 g/mol. The van der Waals surface area contributed by atoms with E-state index >= 15 is 0 Å². The second kappa shape index (κ2) is 6.23. The van der Waals surface area contributed by atoms with Crippen LogP contribution in [0.25, 0.3) is 6.08 Å². The number of hydrogen-bond acceptors (Lipinski definition) is 3. The summed E-state index contributed by atoms with van der Waals surface area (Å²) in [5.74, 6) is 0.616. The summed E-state index contributed by atoms with van der Waals surface area (Å²) < 4.78 is 7.52. The highest BCUT2D eigenvalue weighted by Gasteiger charge is 2.18. The number of carbonyl (C=O) groups excluding carboxylic acids is 1. The molecule has 0 aliphatic carbocycles. The van der Waals surface area contributed by atoms with E-state index in [2.05, 4.69) is 10.3 Å². The molecule has 22 heavy (non-hydrogen) atoms. The number of hydrogen-bond donors (Lipinski definition) is 1. The van der Waals surface area contributed by atoms with Crippen LogP contribution in [0, 0.1) is 0 Å². The normalized spacial score (nSPS) is 14.5. The molecule has 3 rings (SSSR count). The second-order valence-electron chi connectivity index (χ2n) is 5.27. The van der Waals surface area contributed by atoms with Crippen LogP contribution in [-0.4, -0.2) is 28.1 Å². The van der Waals surface area contributed by atoms with Gasteiger partial charge in [-0.2, -0.15) is 0 Å². The Kier molecular flexibility index (Phi) is 4.15. The minimum absolute atomic E-state index is 0.0108. The SMILES string of the molecule is CC(Cn1ccnc1)NC(=O)C1=Cc2cc(Cl)ccc2OC1. The molecule has 0 fully saturated rings. The molecule has 1 aromatic heterocycles. The van der Waals surface area contributed by atoms with Crippen molar-refractivity contribution in [3.05, 3.63) is 53.1 Å².